The van der Waals surface area contributed by atoms with Gasteiger partial charge in [0, 0.05) is 21.5 Å². The van der Waals surface area contributed by atoms with Gasteiger partial charge >= 0.3 is 59.1 Å². The van der Waals surface area contributed by atoms with E-state index in [4.69, 9.17) is 0 Å². The number of nitrogens with zero attached hydrogens (tertiary/aromatic N) is 6. The summed E-state index contributed by atoms with van der Waals surface area (Å²) in [6.07, 6.45) is 6.48. The Labute approximate surface area is 455 Å². The van der Waals surface area contributed by atoms with E-state index in [2.05, 4.69) is 20.4 Å². The van der Waals surface area contributed by atoms with Gasteiger partial charge in [-0.3, -0.25) is 9.11 Å². The number of benzene rings is 8. The van der Waals surface area contributed by atoms with Crippen molar-refractivity contribution in [1.82, 2.24) is 30.0 Å². The molecule has 0 aliphatic carbocycles. The van der Waals surface area contributed by atoms with E-state index in [0.29, 0.717) is 32.8 Å². The number of aromatic nitrogens is 6. The first-order valence-electron chi connectivity index (χ1n) is 20.4. The van der Waals surface area contributed by atoms with Gasteiger partial charge in [0.2, 0.25) is 0 Å². The Bertz CT molecular complexity index is 3980. The molecule has 10 aromatic rings. The minimum atomic E-state index is -4.82. The van der Waals surface area contributed by atoms with Gasteiger partial charge in [-0.15, -0.1) is 20.4 Å². The summed E-state index contributed by atoms with van der Waals surface area (Å²) in [4.78, 5) is 0.957. The first kappa shape index (κ1) is 54.0. The van der Waals surface area contributed by atoms with E-state index in [-0.39, 0.29) is 102 Å². The van der Waals surface area contributed by atoms with Crippen LogP contribution in [0.2, 0.25) is 0 Å². The topological polar surface area (TPSA) is 285 Å². The largest absolute Gasteiger partial charge is 1.00 e. The molecule has 2 aromatic heterocycles. The monoisotopic (exact) mass is 1060 g/mol. The van der Waals surface area contributed by atoms with Crippen molar-refractivity contribution >= 4 is 108 Å². The van der Waals surface area contributed by atoms with Gasteiger partial charge in [-0.2, -0.15) is 26.4 Å². The van der Waals surface area contributed by atoms with Crippen LogP contribution in [0.1, 0.15) is 22.3 Å². The van der Waals surface area contributed by atoms with Gasteiger partial charge in [-0.05, 0) is 70.8 Å². The average molecular weight is 1060 g/mol. The predicted octanol–water partition coefficient (Wildman–Crippen LogP) is 1.80. The van der Waals surface area contributed by atoms with Crippen molar-refractivity contribution in [2.75, 3.05) is 0 Å². The molecular weight excluding hydrogens is 1030 g/mol. The number of hydrogen-bond acceptors (Lipinski definition) is 14. The Morgan fingerprint density at radius 1 is 0.389 bits per heavy atom. The number of hydrogen-bond donors (Lipinski definition) is 2. The van der Waals surface area contributed by atoms with Crippen LogP contribution in [0.15, 0.2) is 177 Å². The van der Waals surface area contributed by atoms with Crippen LogP contribution in [0, 0.1) is 0 Å². The summed E-state index contributed by atoms with van der Waals surface area (Å²) in [6.45, 7) is 0. The maximum Gasteiger partial charge on any atom is 1.00 e. The third kappa shape index (κ3) is 11.7. The van der Waals surface area contributed by atoms with Crippen molar-refractivity contribution in [3.05, 3.63) is 180 Å². The van der Waals surface area contributed by atoms with Crippen molar-refractivity contribution in [3.8, 4) is 11.4 Å². The normalized spacial score (nSPS) is 12.3. The summed E-state index contributed by atoms with van der Waals surface area (Å²) in [5.41, 5.74) is 4.05. The molecule has 0 saturated carbocycles. The standard InChI is InChI=1S/2C24H17N3O6S2.2Na/c2*28-34(29,30)22-8-4-7-20-19(22)13-14-21-24(20)26-27(25-21)18-12-11-17(23(15-18)35(31,32)33)10-9-16-5-2-1-3-6-16;;/h2*1-15H,(H,28,29,30)(H,31,32,33);;/q;;2*+1/p-2. The molecule has 0 bridgehead atoms. The molecule has 24 heteroatoms. The maximum atomic E-state index is 12.0. The molecule has 352 valence electrons. The van der Waals surface area contributed by atoms with Crippen LogP contribution in [0.3, 0.4) is 0 Å². The first-order chi connectivity index (χ1) is 33.2. The summed E-state index contributed by atoms with van der Waals surface area (Å²) < 4.78 is 138. The molecule has 0 unspecified atom stereocenters. The van der Waals surface area contributed by atoms with Crippen molar-refractivity contribution in [2.45, 2.75) is 19.6 Å². The molecule has 0 atom stereocenters. The third-order valence-corrected chi connectivity index (χ3v) is 14.4. The van der Waals surface area contributed by atoms with Crippen LogP contribution in [-0.2, 0) is 40.5 Å². The van der Waals surface area contributed by atoms with Crippen molar-refractivity contribution in [3.63, 3.8) is 0 Å². The molecule has 2 heterocycles. The fourth-order valence-electron chi connectivity index (χ4n) is 7.60. The molecule has 10 rings (SSSR count). The average Bonchev–Trinajstić information content (AvgIpc) is 3.98. The summed E-state index contributed by atoms with van der Waals surface area (Å²) >= 11 is 0. The maximum absolute atomic E-state index is 12.0. The predicted molar refractivity (Wildman–Crippen MR) is 259 cm³/mol. The van der Waals surface area contributed by atoms with Crippen LogP contribution in [0.5, 0.6) is 0 Å². The van der Waals surface area contributed by atoms with Gasteiger partial charge in [-0.1, -0.05) is 133 Å². The summed E-state index contributed by atoms with van der Waals surface area (Å²) in [6, 6.07) is 41.8. The molecule has 72 heavy (non-hydrogen) atoms. The second-order valence-electron chi connectivity index (χ2n) is 15.3. The Kier molecular flexibility index (Phi) is 16.0. The van der Waals surface area contributed by atoms with E-state index in [9.17, 15) is 51.9 Å². The Morgan fingerprint density at radius 3 is 1.11 bits per heavy atom. The number of fused-ring (bicyclic) bond motifs is 6. The quantitative estimate of drug-likeness (QED) is 0.112. The zero-order valence-electron chi connectivity index (χ0n) is 37.6. The van der Waals surface area contributed by atoms with Crippen LogP contribution in [-0.4, -0.2) is 81.9 Å². The fourth-order valence-corrected chi connectivity index (χ4v) is 10.4. The van der Waals surface area contributed by atoms with Crippen LogP contribution in [0.25, 0.3) is 79.3 Å². The van der Waals surface area contributed by atoms with Gasteiger partial charge < -0.3 is 9.11 Å². The van der Waals surface area contributed by atoms with E-state index < -0.39 is 50.3 Å². The van der Waals surface area contributed by atoms with Crippen molar-refractivity contribution < 1.29 is 111 Å². The summed E-state index contributed by atoms with van der Waals surface area (Å²) in [7, 11) is -18.6. The Morgan fingerprint density at radius 2 is 0.764 bits per heavy atom. The molecule has 0 aliphatic rings. The van der Waals surface area contributed by atoms with E-state index in [1.807, 2.05) is 60.7 Å². The molecule has 8 aromatic carbocycles. The minimum absolute atomic E-state index is 0. The second kappa shape index (κ2) is 21.3. The van der Waals surface area contributed by atoms with E-state index in [0.717, 1.165) is 11.1 Å². The summed E-state index contributed by atoms with van der Waals surface area (Å²) in [5, 5.41) is 18.9. The second-order valence-corrected chi connectivity index (χ2v) is 20.8. The van der Waals surface area contributed by atoms with Gasteiger partial charge in [-0.25, -0.2) is 16.8 Å². The molecule has 0 fully saturated rings. The van der Waals surface area contributed by atoms with Crippen LogP contribution >= 0.6 is 0 Å². The van der Waals surface area contributed by atoms with Gasteiger partial charge in [0.05, 0.1) is 21.2 Å². The zero-order valence-corrected chi connectivity index (χ0v) is 44.9. The van der Waals surface area contributed by atoms with Crippen LogP contribution in [0.4, 0.5) is 0 Å². The smallest absolute Gasteiger partial charge is 0.744 e. The fraction of sp³-hybridized carbons (Fsp3) is 0. The zero-order chi connectivity index (χ0) is 49.6. The SMILES string of the molecule is O=S(=O)([O-])c1cc(-n2nc3ccc4c(S(=O)(=O)O)cccc4c3n2)ccc1C=Cc1ccccc1.O=S(=O)([O-])c1cc(-n2nc3ccc4c(S(=O)(=O)O)cccc4c3n2)ccc1C=Cc1ccccc1.[Na+].[Na+]. The van der Waals surface area contributed by atoms with Gasteiger partial charge in [0.15, 0.2) is 0 Å². The molecule has 0 amide bonds. The molecular formula is C48H32N6Na2O12S4. The van der Waals surface area contributed by atoms with E-state index in [1.54, 1.807) is 48.6 Å². The Balaban J connectivity index is 0.000000206. The van der Waals surface area contributed by atoms with Gasteiger partial charge in [0.25, 0.3) is 20.2 Å². The molecule has 0 spiro atoms. The van der Waals surface area contributed by atoms with Crippen LogP contribution < -0.4 is 59.1 Å². The minimum Gasteiger partial charge on any atom is -0.744 e. The first-order valence-corrected chi connectivity index (χ1v) is 26.1. The van der Waals surface area contributed by atoms with Gasteiger partial charge in [0.1, 0.15) is 52.1 Å². The van der Waals surface area contributed by atoms with Crippen molar-refractivity contribution in [1.29, 1.82) is 0 Å². The van der Waals surface area contributed by atoms with E-state index >= 15 is 0 Å². The third-order valence-electron chi connectivity index (χ3n) is 10.8. The molecule has 0 radical (unpaired) electrons. The molecule has 18 nitrogen and oxygen atoms in total. The van der Waals surface area contributed by atoms with E-state index in [1.165, 1.54) is 82.4 Å². The summed E-state index contributed by atoms with van der Waals surface area (Å²) in [5.74, 6) is 0. The Hall–Kier alpha value is -5.80. The molecule has 0 aliphatic heterocycles. The van der Waals surface area contributed by atoms with Crippen molar-refractivity contribution in [2.24, 2.45) is 0 Å². The molecule has 0 saturated heterocycles. The molecule has 2 N–H and O–H groups in total. The number of rotatable bonds is 10.